The zero-order valence-electron chi connectivity index (χ0n) is 15.5. The van der Waals surface area contributed by atoms with Gasteiger partial charge in [0.15, 0.2) is 11.6 Å². The van der Waals surface area contributed by atoms with Crippen LogP contribution >= 0.6 is 0 Å². The largest absolute Gasteiger partial charge is 0.492 e. The molecule has 10 heteroatoms. The first kappa shape index (κ1) is 18.8. The minimum atomic E-state index is -0.790. The third kappa shape index (κ3) is 2.59. The molecule has 2 fully saturated rings. The van der Waals surface area contributed by atoms with Crippen molar-refractivity contribution in [2.45, 2.75) is 25.3 Å². The van der Waals surface area contributed by atoms with Crippen LogP contribution in [-0.4, -0.2) is 52.9 Å². The Balaban J connectivity index is 2.00. The molecule has 1 aromatic carbocycles. The number of anilines is 1. The standard InChI is InChI=1S/C18H23FN4O5/c1-28-15-13-11(16(26)23(20)17(27)22(13)10-2-3-10)6-12(19)14(15)21-5-4-18(7-21,8-24)9-25/h6,10,24-25H,2-5,7-9,20H2,1H3. The van der Waals surface area contributed by atoms with E-state index in [1.54, 1.807) is 4.90 Å². The summed E-state index contributed by atoms with van der Waals surface area (Å²) in [4.78, 5) is 26.8. The first-order valence-corrected chi connectivity index (χ1v) is 9.17. The van der Waals surface area contributed by atoms with Crippen molar-refractivity contribution < 1.29 is 19.3 Å². The summed E-state index contributed by atoms with van der Waals surface area (Å²) in [5.41, 5.74) is -1.87. The highest BCUT2D eigenvalue weighted by atomic mass is 19.1. The van der Waals surface area contributed by atoms with Gasteiger partial charge >= 0.3 is 5.69 Å². The fourth-order valence-electron chi connectivity index (χ4n) is 4.03. The average Bonchev–Trinajstić information content (AvgIpc) is 3.44. The second-order valence-corrected chi connectivity index (χ2v) is 7.68. The van der Waals surface area contributed by atoms with E-state index in [1.165, 1.54) is 11.7 Å². The van der Waals surface area contributed by atoms with Crippen molar-refractivity contribution in [1.29, 1.82) is 0 Å². The Hall–Kier alpha value is -2.59. The molecule has 1 saturated carbocycles. The number of ether oxygens (including phenoxy) is 1. The maximum atomic E-state index is 15.1. The van der Waals surface area contributed by atoms with Gasteiger partial charge in [0.2, 0.25) is 0 Å². The lowest BCUT2D eigenvalue weighted by Crippen LogP contribution is -2.44. The number of nitrogens with zero attached hydrogens (tertiary/aromatic N) is 3. The van der Waals surface area contributed by atoms with Gasteiger partial charge in [0.05, 0.1) is 25.7 Å². The second-order valence-electron chi connectivity index (χ2n) is 7.68. The molecule has 152 valence electrons. The summed E-state index contributed by atoms with van der Waals surface area (Å²) in [5.74, 6) is 5.03. The maximum Gasteiger partial charge on any atom is 0.350 e. The monoisotopic (exact) mass is 394 g/mol. The van der Waals surface area contributed by atoms with Gasteiger partial charge in [0.1, 0.15) is 11.2 Å². The van der Waals surface area contributed by atoms with Gasteiger partial charge in [-0.25, -0.2) is 9.18 Å². The van der Waals surface area contributed by atoms with Crippen LogP contribution in [0.25, 0.3) is 10.9 Å². The lowest BCUT2D eigenvalue weighted by molar-refractivity contribution is 0.0727. The third-order valence-corrected chi connectivity index (χ3v) is 5.83. The van der Waals surface area contributed by atoms with E-state index in [4.69, 9.17) is 10.6 Å². The summed E-state index contributed by atoms with van der Waals surface area (Å²) < 4.78 is 22.5. The first-order valence-electron chi connectivity index (χ1n) is 9.17. The van der Waals surface area contributed by atoms with Gasteiger partial charge in [0, 0.05) is 24.5 Å². The molecule has 4 rings (SSSR count). The van der Waals surface area contributed by atoms with Crippen LogP contribution < -0.4 is 26.7 Å². The normalized spacial score (nSPS) is 18.8. The van der Waals surface area contributed by atoms with Crippen LogP contribution in [-0.2, 0) is 0 Å². The molecule has 1 aliphatic carbocycles. The van der Waals surface area contributed by atoms with E-state index in [1.807, 2.05) is 0 Å². The molecule has 9 nitrogen and oxygen atoms in total. The average molecular weight is 394 g/mol. The molecule has 0 radical (unpaired) electrons. The van der Waals surface area contributed by atoms with E-state index >= 15 is 4.39 Å². The molecule has 0 atom stereocenters. The van der Waals surface area contributed by atoms with E-state index in [0.717, 1.165) is 18.9 Å². The summed E-state index contributed by atoms with van der Waals surface area (Å²) in [5, 5.41) is 19.3. The van der Waals surface area contributed by atoms with Gasteiger partial charge in [-0.2, -0.15) is 4.68 Å². The topological polar surface area (TPSA) is 123 Å². The van der Waals surface area contributed by atoms with Crippen LogP contribution in [0.15, 0.2) is 15.7 Å². The van der Waals surface area contributed by atoms with Gasteiger partial charge in [-0.3, -0.25) is 9.36 Å². The maximum absolute atomic E-state index is 15.1. The quantitative estimate of drug-likeness (QED) is 0.587. The predicted molar refractivity (Wildman–Crippen MR) is 101 cm³/mol. The second kappa shape index (κ2) is 6.49. The van der Waals surface area contributed by atoms with Crippen LogP contribution in [0.5, 0.6) is 5.75 Å². The van der Waals surface area contributed by atoms with E-state index < -0.39 is 22.5 Å². The van der Waals surface area contributed by atoms with E-state index in [2.05, 4.69) is 0 Å². The summed E-state index contributed by atoms with van der Waals surface area (Å²) in [6.07, 6.45) is 1.98. The molecule has 0 bridgehead atoms. The summed E-state index contributed by atoms with van der Waals surface area (Å²) in [6, 6.07) is 0.958. The minimum absolute atomic E-state index is 0.0260. The van der Waals surface area contributed by atoms with Gasteiger partial charge in [-0.05, 0) is 25.3 Å². The number of aliphatic hydroxyl groups is 2. The zero-order valence-corrected chi connectivity index (χ0v) is 15.5. The number of nitrogens with two attached hydrogens (primary N) is 1. The van der Waals surface area contributed by atoms with Crippen molar-refractivity contribution in [2.24, 2.45) is 5.41 Å². The fraction of sp³-hybridized carbons (Fsp3) is 0.556. The number of aromatic nitrogens is 2. The zero-order chi connectivity index (χ0) is 20.2. The van der Waals surface area contributed by atoms with Crippen molar-refractivity contribution in [3.05, 3.63) is 32.7 Å². The number of methoxy groups -OCH3 is 1. The summed E-state index contributed by atoms with van der Waals surface area (Å²) >= 11 is 0. The highest BCUT2D eigenvalue weighted by Gasteiger charge is 2.40. The summed E-state index contributed by atoms with van der Waals surface area (Å²) in [6.45, 7) is 0.145. The molecule has 28 heavy (non-hydrogen) atoms. The lowest BCUT2D eigenvalue weighted by Gasteiger charge is -2.27. The predicted octanol–water partition coefficient (Wildman–Crippen LogP) is -0.459. The number of aliphatic hydroxyl groups excluding tert-OH is 2. The smallest absolute Gasteiger partial charge is 0.350 e. The van der Waals surface area contributed by atoms with Gasteiger partial charge in [-0.15, -0.1) is 0 Å². The highest BCUT2D eigenvalue weighted by molar-refractivity contribution is 5.91. The number of rotatable bonds is 5. The van der Waals surface area contributed by atoms with Crippen molar-refractivity contribution in [3.8, 4) is 5.75 Å². The molecule has 2 heterocycles. The Bertz CT molecular complexity index is 1050. The fourth-order valence-corrected chi connectivity index (χ4v) is 4.03. The number of hydrogen-bond donors (Lipinski definition) is 3. The minimum Gasteiger partial charge on any atom is -0.492 e. The summed E-state index contributed by atoms with van der Waals surface area (Å²) in [7, 11) is 1.36. The third-order valence-electron chi connectivity index (χ3n) is 5.83. The van der Waals surface area contributed by atoms with Crippen LogP contribution in [0.4, 0.5) is 10.1 Å². The van der Waals surface area contributed by atoms with Crippen molar-refractivity contribution in [1.82, 2.24) is 9.24 Å². The molecule has 2 aliphatic rings. The van der Waals surface area contributed by atoms with Gasteiger partial charge in [-0.1, -0.05) is 0 Å². The number of halogens is 1. The number of fused-ring (bicyclic) bond motifs is 1. The number of benzene rings is 1. The molecule has 0 unspecified atom stereocenters. The van der Waals surface area contributed by atoms with Gasteiger partial charge in [0.25, 0.3) is 5.56 Å². The molecule has 2 aromatic rings. The molecule has 0 amide bonds. The molecule has 1 aromatic heterocycles. The Morgan fingerprint density at radius 2 is 2.00 bits per heavy atom. The molecule has 1 saturated heterocycles. The van der Waals surface area contributed by atoms with Crippen molar-refractivity contribution in [2.75, 3.05) is 44.2 Å². The number of hydrogen-bond acceptors (Lipinski definition) is 7. The van der Waals surface area contributed by atoms with E-state index in [-0.39, 0.29) is 48.1 Å². The van der Waals surface area contributed by atoms with E-state index in [0.29, 0.717) is 17.6 Å². The number of nitrogen functional groups attached to an aromatic ring is 1. The Labute approximate surface area is 159 Å². The van der Waals surface area contributed by atoms with Crippen molar-refractivity contribution in [3.63, 3.8) is 0 Å². The molecule has 0 spiro atoms. The Kier molecular flexibility index (Phi) is 4.35. The lowest BCUT2D eigenvalue weighted by atomic mass is 9.89. The van der Waals surface area contributed by atoms with E-state index in [9.17, 15) is 19.8 Å². The Morgan fingerprint density at radius 3 is 2.54 bits per heavy atom. The SMILES string of the molecule is COc1c(N2CCC(CO)(CO)C2)c(F)cc2c(=O)n(N)c(=O)n(C3CC3)c12. The molecular weight excluding hydrogens is 371 g/mol. The van der Waals surface area contributed by atoms with Crippen LogP contribution in [0.2, 0.25) is 0 Å². The molecule has 1 aliphatic heterocycles. The molecular formula is C18H23FN4O5. The van der Waals surface area contributed by atoms with Crippen LogP contribution in [0.3, 0.4) is 0 Å². The van der Waals surface area contributed by atoms with Gasteiger partial charge < -0.3 is 25.7 Å². The van der Waals surface area contributed by atoms with Crippen LogP contribution in [0.1, 0.15) is 25.3 Å². The van der Waals surface area contributed by atoms with Crippen molar-refractivity contribution >= 4 is 16.6 Å². The molecule has 4 N–H and O–H groups in total. The van der Waals surface area contributed by atoms with Crippen LogP contribution in [0, 0.1) is 11.2 Å². The Morgan fingerprint density at radius 1 is 1.32 bits per heavy atom. The highest BCUT2D eigenvalue weighted by Crippen LogP contribution is 2.44. The first-order chi connectivity index (χ1) is 13.4.